The van der Waals surface area contributed by atoms with E-state index in [0.29, 0.717) is 10.4 Å². The molecule has 1 saturated carbocycles. The number of hydrogen-bond acceptors (Lipinski definition) is 3. The van der Waals surface area contributed by atoms with Crippen molar-refractivity contribution in [1.82, 2.24) is 0 Å². The van der Waals surface area contributed by atoms with Gasteiger partial charge in [-0.25, -0.2) is 8.42 Å². The standard InChI is InChI=1S/C16H22BrN3O3S/c1-9-3-5-10(6-4-9)11-7-13(17)12(15(21)20-16(18)19)8-14(11)24(2,22)23/h7-10H,3-6H2,1-2H3,(H4,18,19,20,21). The predicted molar refractivity (Wildman–Crippen MR) is 97.8 cm³/mol. The third-order valence-electron chi connectivity index (χ3n) is 4.42. The highest BCUT2D eigenvalue weighted by molar-refractivity contribution is 9.10. The molecule has 4 N–H and O–H groups in total. The van der Waals surface area contributed by atoms with Crippen molar-refractivity contribution in [2.75, 3.05) is 6.26 Å². The van der Waals surface area contributed by atoms with Gasteiger partial charge in [-0.05, 0) is 58.3 Å². The van der Waals surface area contributed by atoms with Crippen molar-refractivity contribution in [2.45, 2.75) is 43.4 Å². The lowest BCUT2D eigenvalue weighted by atomic mass is 9.79. The van der Waals surface area contributed by atoms with Gasteiger partial charge in [-0.2, -0.15) is 4.99 Å². The molecule has 0 heterocycles. The van der Waals surface area contributed by atoms with Gasteiger partial charge in [0.05, 0.1) is 10.5 Å². The predicted octanol–water partition coefficient (Wildman–Crippen LogP) is 2.56. The van der Waals surface area contributed by atoms with Crippen LogP contribution in [-0.2, 0) is 9.84 Å². The molecule has 0 spiro atoms. The minimum Gasteiger partial charge on any atom is -0.370 e. The fourth-order valence-electron chi connectivity index (χ4n) is 3.12. The van der Waals surface area contributed by atoms with Crippen LogP contribution in [0.4, 0.5) is 0 Å². The molecule has 6 nitrogen and oxygen atoms in total. The van der Waals surface area contributed by atoms with Crippen LogP contribution in [0.3, 0.4) is 0 Å². The third kappa shape index (κ3) is 4.36. The third-order valence-corrected chi connectivity index (χ3v) is 6.22. The molecular formula is C16H22BrN3O3S. The van der Waals surface area contributed by atoms with Gasteiger partial charge in [0.1, 0.15) is 0 Å². The van der Waals surface area contributed by atoms with Crippen molar-refractivity contribution in [2.24, 2.45) is 22.4 Å². The fraction of sp³-hybridized carbons (Fsp3) is 0.500. The highest BCUT2D eigenvalue weighted by atomic mass is 79.9. The maximum Gasteiger partial charge on any atom is 0.281 e. The molecule has 0 bridgehead atoms. The van der Waals surface area contributed by atoms with E-state index in [4.69, 9.17) is 11.5 Å². The SMILES string of the molecule is CC1CCC(c2cc(Br)c(C(=O)N=C(N)N)cc2S(C)(=O)=O)CC1. The second kappa shape index (κ2) is 7.23. The maximum absolute atomic E-state index is 12.3. The molecule has 2 rings (SSSR count). The first-order valence-corrected chi connectivity index (χ1v) is 10.5. The molecule has 8 heteroatoms. The quantitative estimate of drug-likeness (QED) is 0.580. The second-order valence-electron chi connectivity index (χ2n) is 6.44. The Morgan fingerprint density at radius 1 is 1.21 bits per heavy atom. The van der Waals surface area contributed by atoms with Crippen LogP contribution in [0.5, 0.6) is 0 Å². The van der Waals surface area contributed by atoms with Crippen molar-refractivity contribution in [3.05, 3.63) is 27.7 Å². The van der Waals surface area contributed by atoms with Gasteiger partial charge in [0.15, 0.2) is 15.8 Å². The molecule has 0 aliphatic heterocycles. The highest BCUT2D eigenvalue weighted by Crippen LogP contribution is 2.40. The molecule has 132 valence electrons. The Labute approximate surface area is 150 Å². The number of guanidine groups is 1. The van der Waals surface area contributed by atoms with Crippen LogP contribution in [0, 0.1) is 5.92 Å². The van der Waals surface area contributed by atoms with Gasteiger partial charge >= 0.3 is 0 Å². The first-order chi connectivity index (χ1) is 11.1. The van der Waals surface area contributed by atoms with E-state index in [1.807, 2.05) is 0 Å². The lowest BCUT2D eigenvalue weighted by Gasteiger charge is -2.28. The zero-order valence-electron chi connectivity index (χ0n) is 13.8. The van der Waals surface area contributed by atoms with Crippen LogP contribution in [0.1, 0.15) is 54.4 Å². The Bertz CT molecular complexity index is 778. The van der Waals surface area contributed by atoms with Crippen LogP contribution in [0.2, 0.25) is 0 Å². The molecule has 0 unspecified atom stereocenters. The minimum absolute atomic E-state index is 0.136. The summed E-state index contributed by atoms with van der Waals surface area (Å²) in [7, 11) is -3.48. The van der Waals surface area contributed by atoms with Gasteiger partial charge in [0.2, 0.25) is 0 Å². The van der Waals surface area contributed by atoms with E-state index in [-0.39, 0.29) is 22.3 Å². The van der Waals surface area contributed by atoms with Crippen LogP contribution < -0.4 is 11.5 Å². The number of sulfone groups is 1. The lowest BCUT2D eigenvalue weighted by Crippen LogP contribution is -2.24. The normalized spacial score (nSPS) is 21.3. The number of halogens is 1. The molecule has 0 aromatic heterocycles. The zero-order valence-corrected chi connectivity index (χ0v) is 16.2. The number of carbonyl (C=O) groups is 1. The Kier molecular flexibility index (Phi) is 5.70. The Morgan fingerprint density at radius 2 is 1.79 bits per heavy atom. The van der Waals surface area contributed by atoms with Crippen LogP contribution in [0.25, 0.3) is 0 Å². The number of nitrogens with zero attached hydrogens (tertiary/aromatic N) is 1. The summed E-state index contributed by atoms with van der Waals surface area (Å²) in [5.41, 5.74) is 11.4. The Hall–Kier alpha value is -1.41. The molecule has 1 aliphatic rings. The molecular weight excluding hydrogens is 394 g/mol. The summed E-state index contributed by atoms with van der Waals surface area (Å²) in [6.07, 6.45) is 5.18. The van der Waals surface area contributed by atoms with Gasteiger partial charge < -0.3 is 11.5 Å². The summed E-state index contributed by atoms with van der Waals surface area (Å²) in [5.74, 6) is -0.197. The smallest absolute Gasteiger partial charge is 0.281 e. The summed E-state index contributed by atoms with van der Waals surface area (Å²) < 4.78 is 25.0. The van der Waals surface area contributed by atoms with Gasteiger partial charge in [-0.1, -0.05) is 19.8 Å². The van der Waals surface area contributed by atoms with Crippen molar-refractivity contribution in [3.63, 3.8) is 0 Å². The Balaban J connectivity index is 2.54. The highest BCUT2D eigenvalue weighted by Gasteiger charge is 2.27. The molecule has 0 radical (unpaired) electrons. The number of hydrogen-bond donors (Lipinski definition) is 2. The maximum atomic E-state index is 12.3. The number of benzene rings is 1. The summed E-state index contributed by atoms with van der Waals surface area (Å²) in [6, 6.07) is 3.11. The fourth-order valence-corrected chi connectivity index (χ4v) is 4.64. The van der Waals surface area contributed by atoms with Gasteiger partial charge in [-0.15, -0.1) is 0 Å². The number of aliphatic imine (C=N–C) groups is 1. The Morgan fingerprint density at radius 3 is 2.29 bits per heavy atom. The van der Waals surface area contributed by atoms with Crippen LogP contribution >= 0.6 is 15.9 Å². The van der Waals surface area contributed by atoms with Crippen molar-refractivity contribution < 1.29 is 13.2 Å². The summed E-state index contributed by atoms with van der Waals surface area (Å²) >= 11 is 3.35. The van der Waals surface area contributed by atoms with Crippen LogP contribution in [-0.4, -0.2) is 26.5 Å². The molecule has 1 aromatic rings. The minimum atomic E-state index is -3.48. The zero-order chi connectivity index (χ0) is 18.1. The first kappa shape index (κ1) is 18.9. The van der Waals surface area contributed by atoms with Crippen molar-refractivity contribution in [1.29, 1.82) is 0 Å². The van der Waals surface area contributed by atoms with Gasteiger partial charge in [0, 0.05) is 10.7 Å². The molecule has 1 amide bonds. The summed E-state index contributed by atoms with van der Waals surface area (Å²) in [5, 5.41) is 0. The number of rotatable bonds is 3. The molecule has 1 aromatic carbocycles. The van der Waals surface area contributed by atoms with E-state index in [0.717, 1.165) is 37.5 Å². The molecule has 1 aliphatic carbocycles. The number of carbonyl (C=O) groups excluding carboxylic acids is 1. The summed E-state index contributed by atoms with van der Waals surface area (Å²) in [4.78, 5) is 15.8. The van der Waals surface area contributed by atoms with Crippen molar-refractivity contribution >= 4 is 37.6 Å². The molecule has 24 heavy (non-hydrogen) atoms. The van der Waals surface area contributed by atoms with Crippen molar-refractivity contribution in [3.8, 4) is 0 Å². The average molecular weight is 416 g/mol. The lowest BCUT2D eigenvalue weighted by molar-refractivity contribution is 0.100. The number of amides is 1. The van der Waals surface area contributed by atoms with E-state index in [9.17, 15) is 13.2 Å². The monoisotopic (exact) mass is 415 g/mol. The average Bonchev–Trinajstić information content (AvgIpc) is 2.45. The van der Waals surface area contributed by atoms with E-state index in [1.54, 1.807) is 6.07 Å². The summed E-state index contributed by atoms with van der Waals surface area (Å²) in [6.45, 7) is 2.21. The van der Waals surface area contributed by atoms with E-state index >= 15 is 0 Å². The van der Waals surface area contributed by atoms with Gasteiger partial charge in [-0.3, -0.25) is 4.79 Å². The molecule has 0 atom stereocenters. The topological polar surface area (TPSA) is 116 Å². The first-order valence-electron chi connectivity index (χ1n) is 7.77. The van der Waals surface area contributed by atoms with Gasteiger partial charge in [0.25, 0.3) is 5.91 Å². The second-order valence-corrected chi connectivity index (χ2v) is 9.28. The van der Waals surface area contributed by atoms with E-state index in [2.05, 4.69) is 27.8 Å². The van der Waals surface area contributed by atoms with E-state index in [1.165, 1.54) is 6.07 Å². The molecule has 0 saturated heterocycles. The van der Waals surface area contributed by atoms with E-state index < -0.39 is 15.7 Å². The van der Waals surface area contributed by atoms with Crippen LogP contribution in [0.15, 0.2) is 26.5 Å². The molecule has 1 fully saturated rings. The number of nitrogens with two attached hydrogens (primary N) is 2. The largest absolute Gasteiger partial charge is 0.370 e.